The average molecular weight is 218 g/mol. The maximum Gasteiger partial charge on any atom is 1.00 e. The summed E-state index contributed by atoms with van der Waals surface area (Å²) in [5.41, 5.74) is 0. The van der Waals surface area contributed by atoms with Crippen molar-refractivity contribution in [3.05, 3.63) is 6.61 Å². The zero-order valence-electron chi connectivity index (χ0n) is 5.75. The van der Waals surface area contributed by atoms with Gasteiger partial charge >= 0.3 is 58.2 Å². The zero-order chi connectivity index (χ0) is 5.98. The van der Waals surface area contributed by atoms with Crippen LogP contribution in [0.4, 0.5) is 0 Å². The van der Waals surface area contributed by atoms with E-state index in [4.69, 9.17) is 5.11 Å². The molecule has 1 aliphatic heterocycles. The Morgan fingerprint density at radius 3 is 2.56 bits per heavy atom. The van der Waals surface area contributed by atoms with Crippen molar-refractivity contribution in [3.8, 4) is 0 Å². The molecule has 0 aromatic rings. The van der Waals surface area contributed by atoms with Crippen LogP contribution >= 0.6 is 9.39 Å². The summed E-state index contributed by atoms with van der Waals surface area (Å²) >= 11 is 0. The van der Waals surface area contributed by atoms with Crippen molar-refractivity contribution in [2.75, 3.05) is 13.1 Å². The van der Waals surface area contributed by atoms with Gasteiger partial charge in [-0.25, -0.2) is 6.61 Å². The van der Waals surface area contributed by atoms with Gasteiger partial charge in [0.1, 0.15) is 0 Å². The number of rotatable bonds is 1. The number of aliphatic hydroxyl groups is 1. The average Bonchev–Trinajstić information content (AvgIpc) is 2.14. The van der Waals surface area contributed by atoms with Gasteiger partial charge in [-0.05, 0) is 13.1 Å². The fraction of sp³-hybridized carbons (Fsp3) is 0.800. The van der Waals surface area contributed by atoms with E-state index in [9.17, 15) is 0 Å². The number of nitrogens with zero attached hydrogens (tertiary/aromatic N) is 1. The third-order valence-electron chi connectivity index (χ3n) is 1.47. The molecule has 0 radical (unpaired) electrons. The van der Waals surface area contributed by atoms with E-state index in [-0.39, 0.29) is 58.2 Å². The normalized spacial score (nSPS) is 28.0. The van der Waals surface area contributed by atoms with Crippen molar-refractivity contribution >= 4 is 9.39 Å². The summed E-state index contributed by atoms with van der Waals surface area (Å²) in [6.45, 7) is 3.37. The van der Waals surface area contributed by atoms with Crippen molar-refractivity contribution < 1.29 is 63.3 Å². The molecule has 0 aliphatic carbocycles. The summed E-state index contributed by atoms with van der Waals surface area (Å²) < 4.78 is 2.14. The fourth-order valence-corrected chi connectivity index (χ4v) is 1.36. The van der Waals surface area contributed by atoms with Gasteiger partial charge in [0.2, 0.25) is 0 Å². The third-order valence-corrected chi connectivity index (χ3v) is 1.94. The van der Waals surface area contributed by atoms with E-state index in [0.717, 1.165) is 19.5 Å². The molecule has 0 bridgehead atoms. The molecule has 2 atom stereocenters. The van der Waals surface area contributed by atoms with Crippen LogP contribution in [0.25, 0.3) is 0 Å². The third kappa shape index (κ3) is 3.90. The molecule has 1 heterocycles. The van der Waals surface area contributed by atoms with Crippen LogP contribution in [-0.4, -0.2) is 22.9 Å². The number of hydrogen-bond acceptors (Lipinski definition) is 2. The molecule has 9 heavy (non-hydrogen) atoms. The van der Waals surface area contributed by atoms with E-state index in [1.165, 1.54) is 6.61 Å². The van der Waals surface area contributed by atoms with Gasteiger partial charge in [0.15, 0.2) is 0 Å². The molecule has 0 amide bonds. The smallest absolute Gasteiger partial charge is 0.566 e. The SMILES string of the molecule is O[CH-][C@@H]1CCN(P)C1.[Rb+]. The summed E-state index contributed by atoms with van der Waals surface area (Å²) in [5.74, 6) is 0.410. The largest absolute Gasteiger partial charge is 1.00 e. The van der Waals surface area contributed by atoms with Gasteiger partial charge < -0.3 is 5.11 Å². The Labute approximate surface area is 107 Å². The van der Waals surface area contributed by atoms with Crippen molar-refractivity contribution in [2.24, 2.45) is 5.92 Å². The maximum atomic E-state index is 8.52. The molecular weight excluding hydrogens is 207 g/mol. The van der Waals surface area contributed by atoms with Crippen molar-refractivity contribution in [1.29, 1.82) is 0 Å². The quantitative estimate of drug-likeness (QED) is 0.392. The minimum atomic E-state index is 0. The minimum absolute atomic E-state index is 0. The minimum Gasteiger partial charge on any atom is -0.566 e. The van der Waals surface area contributed by atoms with E-state index >= 15 is 0 Å². The Balaban J connectivity index is 0.000000640. The fourth-order valence-electron chi connectivity index (χ4n) is 0.937. The first-order valence-electron chi connectivity index (χ1n) is 2.80. The van der Waals surface area contributed by atoms with Gasteiger partial charge in [0.05, 0.1) is 0 Å². The van der Waals surface area contributed by atoms with Crippen LogP contribution in [0.2, 0.25) is 0 Å². The second-order valence-electron chi connectivity index (χ2n) is 2.19. The van der Waals surface area contributed by atoms with E-state index in [2.05, 4.69) is 14.1 Å². The van der Waals surface area contributed by atoms with Crippen molar-refractivity contribution in [1.82, 2.24) is 4.67 Å². The van der Waals surface area contributed by atoms with Crippen molar-refractivity contribution in [3.63, 3.8) is 0 Å². The van der Waals surface area contributed by atoms with Crippen LogP contribution < -0.4 is 58.2 Å². The van der Waals surface area contributed by atoms with Crippen LogP contribution in [0.15, 0.2) is 0 Å². The zero-order valence-corrected chi connectivity index (χ0v) is 11.8. The molecule has 1 fully saturated rings. The van der Waals surface area contributed by atoms with Crippen LogP contribution in [0.5, 0.6) is 0 Å². The molecule has 4 heteroatoms. The first-order chi connectivity index (χ1) is 3.83. The van der Waals surface area contributed by atoms with Gasteiger partial charge in [-0.3, -0.25) is 4.67 Å². The summed E-state index contributed by atoms with van der Waals surface area (Å²) in [7, 11) is 2.63. The monoisotopic (exact) mass is 217 g/mol. The molecular formula is C5H11NOPRb. The Morgan fingerprint density at radius 2 is 2.33 bits per heavy atom. The van der Waals surface area contributed by atoms with Gasteiger partial charge in [0, 0.05) is 0 Å². The number of hydrogen-bond donors (Lipinski definition) is 1. The predicted molar refractivity (Wildman–Crippen MR) is 35.6 cm³/mol. The molecule has 48 valence electrons. The van der Waals surface area contributed by atoms with Crippen LogP contribution in [0.1, 0.15) is 6.42 Å². The second kappa shape index (κ2) is 5.76. The predicted octanol–water partition coefficient (Wildman–Crippen LogP) is -2.36. The van der Waals surface area contributed by atoms with Gasteiger partial charge in [-0.2, -0.15) is 0 Å². The summed E-state index contributed by atoms with van der Waals surface area (Å²) in [6, 6.07) is 0. The molecule has 2 nitrogen and oxygen atoms in total. The van der Waals surface area contributed by atoms with Gasteiger partial charge in [-0.15, -0.1) is 5.92 Å². The van der Waals surface area contributed by atoms with E-state index in [1.54, 1.807) is 0 Å². The summed E-state index contributed by atoms with van der Waals surface area (Å²) in [6.07, 6.45) is 1.10. The molecule has 1 saturated heterocycles. The Hall–Kier alpha value is 2.16. The summed E-state index contributed by atoms with van der Waals surface area (Å²) in [5, 5.41) is 8.52. The van der Waals surface area contributed by atoms with Crippen LogP contribution in [0.3, 0.4) is 0 Å². The molecule has 1 unspecified atom stereocenters. The second-order valence-corrected chi connectivity index (χ2v) is 2.92. The topological polar surface area (TPSA) is 23.5 Å². The standard InChI is InChI=1S/C5H11NOP.Rb/c7-4-5-1-2-6(8)3-5;/h4-5,7H,1-3,8H2;/q-1;+1/t5-;/m1./s1. The molecule has 0 saturated carbocycles. The summed E-state index contributed by atoms with van der Waals surface area (Å²) in [4.78, 5) is 0. The first kappa shape index (κ1) is 11.2. The van der Waals surface area contributed by atoms with Crippen LogP contribution in [0, 0.1) is 12.5 Å². The van der Waals surface area contributed by atoms with Gasteiger partial charge in [-0.1, -0.05) is 15.8 Å². The molecule has 1 rings (SSSR count). The van der Waals surface area contributed by atoms with Gasteiger partial charge in [0.25, 0.3) is 0 Å². The molecule has 0 spiro atoms. The van der Waals surface area contributed by atoms with Crippen LogP contribution in [-0.2, 0) is 0 Å². The van der Waals surface area contributed by atoms with E-state index < -0.39 is 0 Å². The van der Waals surface area contributed by atoms with E-state index in [1.807, 2.05) is 0 Å². The number of aliphatic hydroxyl groups excluding tert-OH is 1. The molecule has 0 aromatic carbocycles. The molecule has 1 N–H and O–H groups in total. The Kier molecular flexibility index (Phi) is 7.14. The van der Waals surface area contributed by atoms with Crippen molar-refractivity contribution in [2.45, 2.75) is 6.42 Å². The molecule has 1 aliphatic rings. The van der Waals surface area contributed by atoms with E-state index in [0.29, 0.717) is 5.92 Å². The molecule has 0 aromatic heterocycles. The first-order valence-corrected chi connectivity index (χ1v) is 3.32. The maximum absolute atomic E-state index is 8.52. The Morgan fingerprint density at radius 1 is 1.67 bits per heavy atom. The Bertz CT molecular complexity index is 83.4.